The molecule has 0 aromatic rings. The largest absolute Gasteiger partial charge is 0.393 e. The highest BCUT2D eigenvalue weighted by Gasteiger charge is 2.20. The van der Waals surface area contributed by atoms with Crippen LogP contribution in [-0.2, 0) is 8.85 Å². The van der Waals surface area contributed by atoms with Gasteiger partial charge in [-0.2, -0.15) is 0 Å². The second kappa shape index (κ2) is 14.7. The predicted molar refractivity (Wildman–Crippen MR) is 101 cm³/mol. The maximum atomic E-state index is 6.12. The van der Waals surface area contributed by atoms with E-state index in [-0.39, 0.29) is 0 Å². The SMILES string of the molecule is C=C(Cl)[SiH](OCC(CC)CCCC)OCC(CC)CCCC. The van der Waals surface area contributed by atoms with E-state index in [1.807, 2.05) is 0 Å². The van der Waals surface area contributed by atoms with Gasteiger partial charge in [-0.15, -0.1) is 0 Å². The lowest BCUT2D eigenvalue weighted by Gasteiger charge is -2.22. The summed E-state index contributed by atoms with van der Waals surface area (Å²) in [5, 5.41) is 0. The normalized spacial score (nSPS) is 15.5. The van der Waals surface area contributed by atoms with Gasteiger partial charge in [-0.1, -0.05) is 84.4 Å². The van der Waals surface area contributed by atoms with Crippen molar-refractivity contribution >= 4 is 20.9 Å². The number of rotatable bonds is 15. The molecular formula is C18H37ClO2Si. The van der Waals surface area contributed by atoms with Gasteiger partial charge in [0.1, 0.15) is 0 Å². The van der Waals surface area contributed by atoms with Crippen molar-refractivity contribution in [3.63, 3.8) is 0 Å². The van der Waals surface area contributed by atoms with Crippen LogP contribution in [-0.4, -0.2) is 22.5 Å². The summed E-state index contributed by atoms with van der Waals surface area (Å²) in [7, 11) is -1.94. The lowest BCUT2D eigenvalue weighted by Crippen LogP contribution is -2.29. The minimum Gasteiger partial charge on any atom is -0.393 e. The molecule has 0 fully saturated rings. The van der Waals surface area contributed by atoms with Crippen molar-refractivity contribution in [2.24, 2.45) is 11.8 Å². The van der Waals surface area contributed by atoms with E-state index < -0.39 is 9.28 Å². The van der Waals surface area contributed by atoms with Crippen LogP contribution in [0.5, 0.6) is 0 Å². The number of hydrogen-bond donors (Lipinski definition) is 0. The Morgan fingerprint density at radius 3 is 1.59 bits per heavy atom. The Hall–Kier alpha value is 0.167. The van der Waals surface area contributed by atoms with Crippen molar-refractivity contribution in [3.05, 3.63) is 11.2 Å². The van der Waals surface area contributed by atoms with E-state index in [1.165, 1.54) is 38.5 Å². The third-order valence-electron chi connectivity index (χ3n) is 4.31. The van der Waals surface area contributed by atoms with Gasteiger partial charge < -0.3 is 8.85 Å². The van der Waals surface area contributed by atoms with E-state index in [0.717, 1.165) is 26.1 Å². The van der Waals surface area contributed by atoms with Gasteiger partial charge in [-0.25, -0.2) is 0 Å². The van der Waals surface area contributed by atoms with Gasteiger partial charge in [0.15, 0.2) is 0 Å². The molecule has 22 heavy (non-hydrogen) atoms. The van der Waals surface area contributed by atoms with Crippen molar-refractivity contribution in [2.75, 3.05) is 13.2 Å². The second-order valence-electron chi connectivity index (χ2n) is 6.28. The number of halogens is 1. The minimum atomic E-state index is -1.94. The molecule has 0 rings (SSSR count). The lowest BCUT2D eigenvalue weighted by molar-refractivity contribution is 0.147. The van der Waals surface area contributed by atoms with E-state index in [1.54, 1.807) is 0 Å². The summed E-state index contributed by atoms with van der Waals surface area (Å²) in [6, 6.07) is 0. The fraction of sp³-hybridized carbons (Fsp3) is 0.889. The fourth-order valence-electron chi connectivity index (χ4n) is 2.47. The Kier molecular flexibility index (Phi) is 14.9. The monoisotopic (exact) mass is 348 g/mol. The molecule has 4 heteroatoms. The molecule has 0 saturated carbocycles. The zero-order valence-electron chi connectivity index (χ0n) is 15.2. The summed E-state index contributed by atoms with van der Waals surface area (Å²) in [5.74, 6) is 1.24. The third-order valence-corrected chi connectivity index (χ3v) is 6.35. The summed E-state index contributed by atoms with van der Waals surface area (Å²) in [5.41, 5.74) is 0. The van der Waals surface area contributed by atoms with Gasteiger partial charge in [-0.3, -0.25) is 0 Å². The number of hydrogen-bond acceptors (Lipinski definition) is 2. The molecule has 0 bridgehead atoms. The smallest absolute Gasteiger partial charge is 0.367 e. The zero-order chi connectivity index (χ0) is 16.8. The average Bonchev–Trinajstić information content (AvgIpc) is 2.52. The van der Waals surface area contributed by atoms with Crippen molar-refractivity contribution in [1.82, 2.24) is 0 Å². The maximum Gasteiger partial charge on any atom is 0.367 e. The molecule has 0 amide bonds. The molecule has 0 aliphatic carbocycles. The maximum absolute atomic E-state index is 6.12. The van der Waals surface area contributed by atoms with Gasteiger partial charge in [0, 0.05) is 17.9 Å². The quantitative estimate of drug-likeness (QED) is 0.340. The van der Waals surface area contributed by atoms with Gasteiger partial charge >= 0.3 is 9.28 Å². The van der Waals surface area contributed by atoms with Gasteiger partial charge in [0.25, 0.3) is 0 Å². The van der Waals surface area contributed by atoms with E-state index in [2.05, 4.69) is 34.3 Å². The Morgan fingerprint density at radius 1 is 0.909 bits per heavy atom. The van der Waals surface area contributed by atoms with Crippen LogP contribution < -0.4 is 0 Å². The molecule has 0 aromatic heterocycles. The standard InChI is InChI=1S/C18H37ClO2Si/c1-6-10-12-17(8-3)14-20-22(16(5)19)21-15-18(9-4)13-11-7-2/h17-18,22H,5-15H2,1-4H3. The van der Waals surface area contributed by atoms with Crippen molar-refractivity contribution in [2.45, 2.75) is 79.1 Å². The Morgan fingerprint density at radius 2 is 1.32 bits per heavy atom. The topological polar surface area (TPSA) is 18.5 Å². The van der Waals surface area contributed by atoms with Crippen LogP contribution in [0.15, 0.2) is 11.2 Å². The highest BCUT2D eigenvalue weighted by atomic mass is 35.5. The summed E-state index contributed by atoms with van der Waals surface area (Å²) >= 11 is 6.12. The summed E-state index contributed by atoms with van der Waals surface area (Å²) in [4.78, 5) is 0. The molecule has 2 nitrogen and oxygen atoms in total. The molecule has 2 atom stereocenters. The Bertz CT molecular complexity index is 254. The highest BCUT2D eigenvalue weighted by molar-refractivity contribution is 6.68. The van der Waals surface area contributed by atoms with Gasteiger partial charge in [0.05, 0.1) is 0 Å². The first-order valence-electron chi connectivity index (χ1n) is 9.16. The molecule has 0 aromatic carbocycles. The molecule has 0 aliphatic rings. The van der Waals surface area contributed by atoms with E-state index in [9.17, 15) is 0 Å². The molecule has 0 aliphatic heterocycles. The van der Waals surface area contributed by atoms with Crippen molar-refractivity contribution in [3.8, 4) is 0 Å². The highest BCUT2D eigenvalue weighted by Crippen LogP contribution is 2.18. The molecule has 0 N–H and O–H groups in total. The van der Waals surface area contributed by atoms with Crippen molar-refractivity contribution < 1.29 is 8.85 Å². The summed E-state index contributed by atoms with van der Waals surface area (Å²) < 4.78 is 12.7. The van der Waals surface area contributed by atoms with Gasteiger partial charge in [0.2, 0.25) is 0 Å². The second-order valence-corrected chi connectivity index (χ2v) is 9.16. The molecule has 0 saturated heterocycles. The first-order chi connectivity index (χ1) is 10.6. The Labute approximate surface area is 145 Å². The third kappa shape index (κ3) is 10.8. The van der Waals surface area contributed by atoms with E-state index in [0.29, 0.717) is 16.5 Å². The van der Waals surface area contributed by atoms with Crippen LogP contribution in [0.3, 0.4) is 0 Å². The first-order valence-corrected chi connectivity index (χ1v) is 11.1. The minimum absolute atomic E-state index is 0.593. The summed E-state index contributed by atoms with van der Waals surface area (Å²) in [6.45, 7) is 14.3. The molecule has 0 radical (unpaired) electrons. The zero-order valence-corrected chi connectivity index (χ0v) is 17.1. The van der Waals surface area contributed by atoms with Gasteiger partial charge in [-0.05, 0) is 24.7 Å². The van der Waals surface area contributed by atoms with Crippen LogP contribution in [0.2, 0.25) is 0 Å². The fourth-order valence-corrected chi connectivity index (χ4v) is 4.20. The van der Waals surface area contributed by atoms with Crippen molar-refractivity contribution in [1.29, 1.82) is 0 Å². The number of unbranched alkanes of at least 4 members (excludes halogenated alkanes) is 2. The molecule has 0 heterocycles. The van der Waals surface area contributed by atoms with Crippen LogP contribution in [0.4, 0.5) is 0 Å². The average molecular weight is 349 g/mol. The molecule has 132 valence electrons. The van der Waals surface area contributed by atoms with E-state index in [4.69, 9.17) is 20.5 Å². The van der Waals surface area contributed by atoms with Crippen LogP contribution in [0.25, 0.3) is 0 Å². The Balaban J connectivity index is 4.21. The van der Waals surface area contributed by atoms with Crippen LogP contribution in [0.1, 0.15) is 79.1 Å². The molecule has 0 spiro atoms. The molecule has 2 unspecified atom stereocenters. The predicted octanol–water partition coefficient (Wildman–Crippen LogP) is 5.96. The lowest BCUT2D eigenvalue weighted by atomic mass is 10.0. The van der Waals surface area contributed by atoms with E-state index >= 15 is 0 Å². The molecular weight excluding hydrogens is 312 g/mol. The van der Waals surface area contributed by atoms with Crippen LogP contribution >= 0.6 is 11.6 Å². The first kappa shape index (κ1) is 22.2. The van der Waals surface area contributed by atoms with Crippen LogP contribution in [0, 0.1) is 11.8 Å². The summed E-state index contributed by atoms with van der Waals surface area (Å²) in [6.07, 6.45) is 9.80.